The predicted octanol–water partition coefficient (Wildman–Crippen LogP) is 0.667. The van der Waals surface area contributed by atoms with E-state index in [0.29, 0.717) is 12.5 Å². The van der Waals surface area contributed by atoms with E-state index in [1.807, 2.05) is 23.1 Å². The van der Waals surface area contributed by atoms with Crippen LogP contribution in [0.25, 0.3) is 0 Å². The van der Waals surface area contributed by atoms with Gasteiger partial charge in [-0.05, 0) is 31.0 Å². The van der Waals surface area contributed by atoms with Crippen LogP contribution in [-0.4, -0.2) is 56.6 Å². The van der Waals surface area contributed by atoms with Crippen molar-refractivity contribution in [3.63, 3.8) is 0 Å². The average Bonchev–Trinajstić information content (AvgIpc) is 3.02. The lowest BCUT2D eigenvalue weighted by Crippen LogP contribution is -3.15. The molecule has 1 aromatic rings. The number of benzene rings is 1. The van der Waals surface area contributed by atoms with Gasteiger partial charge in [0.15, 0.2) is 6.54 Å². The summed E-state index contributed by atoms with van der Waals surface area (Å²) in [6.45, 7) is 6.59. The Labute approximate surface area is 131 Å². The molecule has 0 atom stereocenters. The van der Waals surface area contributed by atoms with Gasteiger partial charge >= 0.3 is 0 Å². The van der Waals surface area contributed by atoms with Gasteiger partial charge in [0.05, 0.1) is 26.2 Å². The van der Waals surface area contributed by atoms with E-state index in [4.69, 9.17) is 11.6 Å². The number of amides is 1. The van der Waals surface area contributed by atoms with E-state index in [1.165, 1.54) is 23.4 Å². The molecule has 21 heavy (non-hydrogen) atoms. The third-order valence-corrected chi connectivity index (χ3v) is 4.74. The van der Waals surface area contributed by atoms with Crippen LogP contribution < -0.4 is 9.80 Å². The van der Waals surface area contributed by atoms with Gasteiger partial charge in [0.25, 0.3) is 5.91 Å². The maximum atomic E-state index is 12.2. The highest BCUT2D eigenvalue weighted by molar-refractivity contribution is 6.30. The first-order valence-corrected chi connectivity index (χ1v) is 8.22. The molecule has 4 nitrogen and oxygen atoms in total. The first-order chi connectivity index (χ1) is 10.2. The number of hydrogen-bond donors (Lipinski definition) is 1. The molecule has 0 spiro atoms. The molecule has 2 heterocycles. The van der Waals surface area contributed by atoms with Gasteiger partial charge in [0.2, 0.25) is 0 Å². The molecule has 2 fully saturated rings. The molecule has 2 aliphatic heterocycles. The largest absolute Gasteiger partial charge is 0.360 e. The Hall–Kier alpha value is -1.26. The van der Waals surface area contributed by atoms with Crippen LogP contribution in [0, 0.1) is 0 Å². The third-order valence-electron chi connectivity index (χ3n) is 4.50. The van der Waals surface area contributed by atoms with E-state index in [9.17, 15) is 4.79 Å². The molecule has 1 N–H and O–H groups in total. The molecule has 0 bridgehead atoms. The summed E-state index contributed by atoms with van der Waals surface area (Å²) in [5.41, 5.74) is 1.19. The molecule has 114 valence electrons. The molecule has 0 unspecified atom stereocenters. The van der Waals surface area contributed by atoms with E-state index in [1.54, 1.807) is 0 Å². The minimum Gasteiger partial charge on any atom is -0.360 e. The van der Waals surface area contributed by atoms with E-state index in [0.717, 1.165) is 44.3 Å². The quantitative estimate of drug-likeness (QED) is 0.889. The van der Waals surface area contributed by atoms with E-state index in [-0.39, 0.29) is 0 Å². The smallest absolute Gasteiger partial charge is 0.277 e. The van der Waals surface area contributed by atoms with E-state index < -0.39 is 0 Å². The van der Waals surface area contributed by atoms with Crippen LogP contribution in [-0.2, 0) is 4.79 Å². The Morgan fingerprint density at radius 3 is 2.52 bits per heavy atom. The maximum Gasteiger partial charge on any atom is 0.277 e. The Morgan fingerprint density at radius 1 is 1.14 bits per heavy atom. The summed E-state index contributed by atoms with van der Waals surface area (Å²) in [5.74, 6) is 0.332. The zero-order chi connectivity index (χ0) is 14.7. The molecular weight excluding hydrogens is 286 g/mol. The van der Waals surface area contributed by atoms with Crippen LogP contribution in [0.1, 0.15) is 12.8 Å². The third kappa shape index (κ3) is 3.69. The van der Waals surface area contributed by atoms with Gasteiger partial charge in [0, 0.05) is 23.8 Å². The lowest BCUT2D eigenvalue weighted by atomic mass is 10.2. The molecule has 0 radical (unpaired) electrons. The lowest BCUT2D eigenvalue weighted by Gasteiger charge is -2.34. The van der Waals surface area contributed by atoms with E-state index >= 15 is 0 Å². The Bertz CT molecular complexity index is 494. The summed E-state index contributed by atoms with van der Waals surface area (Å²) in [6, 6.07) is 8.02. The predicted molar refractivity (Wildman–Crippen MR) is 85.0 cm³/mol. The summed E-state index contributed by atoms with van der Waals surface area (Å²) in [6.07, 6.45) is 2.34. The van der Waals surface area contributed by atoms with Crippen molar-refractivity contribution in [2.45, 2.75) is 12.8 Å². The number of likely N-dealkylation sites (tertiary alicyclic amines) is 1. The normalized spacial score (nSPS) is 20.0. The highest BCUT2D eigenvalue weighted by Crippen LogP contribution is 2.19. The van der Waals surface area contributed by atoms with Crippen molar-refractivity contribution in [1.82, 2.24) is 4.90 Å². The van der Waals surface area contributed by atoms with Gasteiger partial charge in [-0.15, -0.1) is 0 Å². The lowest BCUT2D eigenvalue weighted by molar-refractivity contribution is -0.892. The van der Waals surface area contributed by atoms with Crippen molar-refractivity contribution in [1.29, 1.82) is 0 Å². The first kappa shape index (κ1) is 14.7. The highest BCUT2D eigenvalue weighted by atomic mass is 35.5. The van der Waals surface area contributed by atoms with Crippen LogP contribution in [0.4, 0.5) is 5.69 Å². The molecule has 5 heteroatoms. The second-order valence-corrected chi connectivity index (χ2v) is 6.42. The van der Waals surface area contributed by atoms with Gasteiger partial charge in [-0.2, -0.15) is 0 Å². The second-order valence-electron chi connectivity index (χ2n) is 5.98. The van der Waals surface area contributed by atoms with Crippen molar-refractivity contribution in [3.05, 3.63) is 29.3 Å². The van der Waals surface area contributed by atoms with Crippen LogP contribution in [0.3, 0.4) is 0 Å². The van der Waals surface area contributed by atoms with Gasteiger partial charge < -0.3 is 14.7 Å². The van der Waals surface area contributed by atoms with Crippen molar-refractivity contribution in [2.24, 2.45) is 0 Å². The first-order valence-electron chi connectivity index (χ1n) is 7.84. The second kappa shape index (κ2) is 6.67. The fourth-order valence-electron chi connectivity index (χ4n) is 3.22. The van der Waals surface area contributed by atoms with Crippen LogP contribution >= 0.6 is 11.6 Å². The fraction of sp³-hybridized carbons (Fsp3) is 0.562. The molecular formula is C16H23ClN3O+. The fourth-order valence-corrected chi connectivity index (χ4v) is 3.41. The SMILES string of the molecule is O=C(C[NH+]1CCN(c2cccc(Cl)c2)CC1)N1CCCC1. The monoisotopic (exact) mass is 308 g/mol. The number of hydrogen-bond acceptors (Lipinski definition) is 2. The van der Waals surface area contributed by atoms with E-state index in [2.05, 4.69) is 11.0 Å². The highest BCUT2D eigenvalue weighted by Gasteiger charge is 2.26. The topological polar surface area (TPSA) is 28.0 Å². The molecule has 3 rings (SSSR count). The minimum absolute atomic E-state index is 0.332. The number of anilines is 1. The number of nitrogens with one attached hydrogen (secondary N) is 1. The average molecular weight is 309 g/mol. The molecule has 0 aliphatic carbocycles. The van der Waals surface area contributed by atoms with Crippen LogP contribution in [0.15, 0.2) is 24.3 Å². The summed E-state index contributed by atoms with van der Waals surface area (Å²) < 4.78 is 0. The van der Waals surface area contributed by atoms with Gasteiger partial charge in [-0.3, -0.25) is 4.79 Å². The van der Waals surface area contributed by atoms with Crippen molar-refractivity contribution < 1.29 is 9.69 Å². The number of carbonyl (C=O) groups excluding carboxylic acids is 1. The standard InChI is InChI=1S/C16H22ClN3O/c17-14-4-3-5-15(12-14)19-10-8-18(9-11-19)13-16(21)20-6-1-2-7-20/h3-5,12H,1-2,6-11,13H2/p+1. The van der Waals surface area contributed by atoms with Gasteiger partial charge in [-0.25, -0.2) is 0 Å². The van der Waals surface area contributed by atoms with Gasteiger partial charge in [-0.1, -0.05) is 17.7 Å². The Morgan fingerprint density at radius 2 is 1.86 bits per heavy atom. The Kier molecular flexibility index (Phi) is 4.66. The molecule has 2 aliphatic rings. The summed E-state index contributed by atoms with van der Waals surface area (Å²) in [7, 11) is 0. The molecule has 0 saturated carbocycles. The zero-order valence-electron chi connectivity index (χ0n) is 12.4. The number of carbonyl (C=O) groups is 1. The summed E-state index contributed by atoms with van der Waals surface area (Å²) >= 11 is 6.05. The Balaban J connectivity index is 1.49. The number of piperazine rings is 1. The van der Waals surface area contributed by atoms with Crippen LogP contribution in [0.2, 0.25) is 5.02 Å². The molecule has 1 aromatic carbocycles. The number of quaternary nitrogens is 1. The minimum atomic E-state index is 0.332. The summed E-state index contributed by atoms with van der Waals surface area (Å²) in [5, 5.41) is 0.784. The molecule has 1 amide bonds. The van der Waals surface area contributed by atoms with Crippen LogP contribution in [0.5, 0.6) is 0 Å². The number of halogens is 1. The maximum absolute atomic E-state index is 12.2. The zero-order valence-corrected chi connectivity index (χ0v) is 13.1. The van der Waals surface area contributed by atoms with Gasteiger partial charge in [0.1, 0.15) is 0 Å². The molecule has 0 aromatic heterocycles. The molecule has 2 saturated heterocycles. The van der Waals surface area contributed by atoms with Crippen molar-refractivity contribution in [3.8, 4) is 0 Å². The summed E-state index contributed by atoms with van der Waals surface area (Å²) in [4.78, 5) is 18.0. The van der Waals surface area contributed by atoms with Crippen molar-refractivity contribution in [2.75, 3.05) is 50.7 Å². The number of rotatable bonds is 3. The van der Waals surface area contributed by atoms with Crippen molar-refractivity contribution >= 4 is 23.2 Å². The number of nitrogens with zero attached hydrogens (tertiary/aromatic N) is 2.